The molecule has 6 heteroatoms. The van der Waals surface area contributed by atoms with Gasteiger partial charge in [0.2, 0.25) is 0 Å². The van der Waals surface area contributed by atoms with Gasteiger partial charge in [0.05, 0.1) is 11.8 Å². The molecule has 0 radical (unpaired) electrons. The maximum atomic E-state index is 9.47. The van der Waals surface area contributed by atoms with Gasteiger partial charge in [-0.25, -0.2) is 4.68 Å². The van der Waals surface area contributed by atoms with Crippen LogP contribution in [0.2, 0.25) is 0 Å². The van der Waals surface area contributed by atoms with Gasteiger partial charge in [0, 0.05) is 15.9 Å². The highest BCUT2D eigenvalue weighted by atomic mass is 31.1. The first-order valence-corrected chi connectivity index (χ1v) is 5.21. The molecule has 0 fully saturated rings. The molecule has 0 bridgehead atoms. The van der Waals surface area contributed by atoms with Crippen LogP contribution in [0.25, 0.3) is 11.0 Å². The molecule has 0 saturated heterocycles. The zero-order valence-corrected chi connectivity index (χ0v) is 8.64. The van der Waals surface area contributed by atoms with Crippen LogP contribution in [0, 0.1) is 0 Å². The summed E-state index contributed by atoms with van der Waals surface area (Å²) >= 11 is 0. The van der Waals surface area contributed by atoms with Crippen LogP contribution >= 0.6 is 8.81 Å². The van der Waals surface area contributed by atoms with Gasteiger partial charge in [-0.2, -0.15) is 0 Å². The summed E-state index contributed by atoms with van der Waals surface area (Å²) < 4.78 is 6.69. The zero-order chi connectivity index (χ0) is 9.97. The summed E-state index contributed by atoms with van der Waals surface area (Å²) in [6, 6.07) is 5.24. The van der Waals surface area contributed by atoms with Crippen LogP contribution in [0.3, 0.4) is 0 Å². The van der Waals surface area contributed by atoms with Crippen LogP contribution in [0.15, 0.2) is 18.2 Å². The lowest BCUT2D eigenvalue weighted by Gasteiger charge is -2.00. The van der Waals surface area contributed by atoms with Crippen molar-refractivity contribution in [2.45, 2.75) is 6.29 Å². The lowest BCUT2D eigenvalue weighted by Crippen LogP contribution is -1.95. The van der Waals surface area contributed by atoms with Gasteiger partial charge in [-0.15, -0.1) is 5.10 Å². The molecular weight excluding hydrogens is 201 g/mol. The van der Waals surface area contributed by atoms with Gasteiger partial charge in [0.1, 0.15) is 5.75 Å². The Hall–Kier alpha value is -1.19. The molecule has 14 heavy (non-hydrogen) atoms. The monoisotopic (exact) mass is 211 g/mol. The molecule has 0 aliphatic heterocycles. The van der Waals surface area contributed by atoms with Crippen LogP contribution in [0.5, 0.6) is 5.75 Å². The SMILES string of the molecule is COPCn1nnc2c(O)cccc21. The number of benzene rings is 1. The topological polar surface area (TPSA) is 60.2 Å². The molecule has 2 rings (SSSR count). The molecular formula is C8H10N3O2P. The second kappa shape index (κ2) is 3.90. The molecule has 0 spiro atoms. The van der Waals surface area contributed by atoms with Crippen molar-refractivity contribution in [3.63, 3.8) is 0 Å². The average molecular weight is 211 g/mol. The minimum atomic E-state index is 0.162. The second-order valence-electron chi connectivity index (χ2n) is 2.74. The molecule has 0 aliphatic carbocycles. The highest BCUT2D eigenvalue weighted by molar-refractivity contribution is 7.30. The van der Waals surface area contributed by atoms with Crippen molar-refractivity contribution in [1.29, 1.82) is 0 Å². The van der Waals surface area contributed by atoms with Crippen molar-refractivity contribution < 1.29 is 9.63 Å². The predicted molar refractivity (Wildman–Crippen MR) is 54.5 cm³/mol. The minimum Gasteiger partial charge on any atom is -0.506 e. The van der Waals surface area contributed by atoms with Crippen molar-refractivity contribution in [3.05, 3.63) is 18.2 Å². The Morgan fingerprint density at radius 3 is 3.21 bits per heavy atom. The van der Waals surface area contributed by atoms with E-state index in [-0.39, 0.29) is 5.75 Å². The first kappa shape index (κ1) is 9.37. The minimum absolute atomic E-state index is 0.162. The van der Waals surface area contributed by atoms with Gasteiger partial charge in [-0.1, -0.05) is 11.3 Å². The van der Waals surface area contributed by atoms with Crippen LogP contribution < -0.4 is 0 Å². The first-order chi connectivity index (χ1) is 6.83. The van der Waals surface area contributed by atoms with Gasteiger partial charge >= 0.3 is 0 Å². The van der Waals surface area contributed by atoms with E-state index >= 15 is 0 Å². The summed E-state index contributed by atoms with van der Waals surface area (Å²) in [5.74, 6) is 0.162. The molecule has 74 valence electrons. The van der Waals surface area contributed by atoms with Crippen LogP contribution in [-0.4, -0.2) is 27.2 Å². The number of aromatic nitrogens is 3. The van der Waals surface area contributed by atoms with Crippen LogP contribution in [0.1, 0.15) is 0 Å². The van der Waals surface area contributed by atoms with E-state index in [0.29, 0.717) is 20.6 Å². The van der Waals surface area contributed by atoms with E-state index in [1.807, 2.05) is 6.07 Å². The Balaban J connectivity index is 2.42. The van der Waals surface area contributed by atoms with Crippen molar-refractivity contribution in [2.75, 3.05) is 7.11 Å². The van der Waals surface area contributed by atoms with E-state index < -0.39 is 0 Å². The lowest BCUT2D eigenvalue weighted by molar-refractivity contribution is 0.467. The fraction of sp³-hybridized carbons (Fsp3) is 0.250. The molecule has 2 aromatic rings. The smallest absolute Gasteiger partial charge is 0.154 e. The third-order valence-corrected chi connectivity index (χ3v) is 2.60. The van der Waals surface area contributed by atoms with Crippen molar-refractivity contribution in [1.82, 2.24) is 15.0 Å². The van der Waals surface area contributed by atoms with Crippen LogP contribution in [0.4, 0.5) is 0 Å². The Kier molecular flexibility index (Phi) is 2.61. The second-order valence-corrected chi connectivity index (χ2v) is 3.75. The van der Waals surface area contributed by atoms with Gasteiger partial charge in [0.25, 0.3) is 0 Å². The molecule has 1 aromatic carbocycles. The molecule has 1 N–H and O–H groups in total. The van der Waals surface area contributed by atoms with Crippen LogP contribution in [-0.2, 0) is 10.8 Å². The molecule has 0 aliphatic rings. The van der Waals surface area contributed by atoms with E-state index in [0.717, 1.165) is 5.52 Å². The summed E-state index contributed by atoms with van der Waals surface area (Å²) in [6.45, 7) is 0. The Bertz CT molecular complexity index is 443. The molecule has 1 heterocycles. The number of nitrogens with zero attached hydrogens (tertiary/aromatic N) is 3. The number of hydrogen-bond acceptors (Lipinski definition) is 4. The largest absolute Gasteiger partial charge is 0.506 e. The fourth-order valence-electron chi connectivity index (χ4n) is 1.22. The third-order valence-electron chi connectivity index (χ3n) is 1.88. The van der Waals surface area contributed by atoms with E-state index in [9.17, 15) is 5.11 Å². The van der Waals surface area contributed by atoms with Gasteiger partial charge in [-0.05, 0) is 12.1 Å². The van der Waals surface area contributed by atoms with E-state index in [1.165, 1.54) is 0 Å². The Labute approximate surface area is 82.5 Å². The summed E-state index contributed by atoms with van der Waals surface area (Å²) in [6.07, 6.45) is 0.663. The maximum absolute atomic E-state index is 9.47. The summed E-state index contributed by atoms with van der Waals surface area (Å²) in [5.41, 5.74) is 1.36. The summed E-state index contributed by atoms with van der Waals surface area (Å²) in [5, 5.41) is 17.3. The number of aromatic hydroxyl groups is 1. The Morgan fingerprint density at radius 2 is 2.43 bits per heavy atom. The maximum Gasteiger partial charge on any atom is 0.154 e. The number of phenols is 1. The van der Waals surface area contributed by atoms with E-state index in [4.69, 9.17) is 4.52 Å². The quantitative estimate of drug-likeness (QED) is 0.778. The lowest BCUT2D eigenvalue weighted by atomic mass is 10.3. The van der Waals surface area contributed by atoms with E-state index in [1.54, 1.807) is 23.9 Å². The first-order valence-electron chi connectivity index (χ1n) is 4.10. The molecule has 0 saturated carbocycles. The molecule has 1 unspecified atom stereocenters. The van der Waals surface area contributed by atoms with Crippen molar-refractivity contribution in [3.8, 4) is 5.75 Å². The van der Waals surface area contributed by atoms with Gasteiger partial charge < -0.3 is 9.63 Å². The highest BCUT2D eigenvalue weighted by Crippen LogP contribution is 2.23. The highest BCUT2D eigenvalue weighted by Gasteiger charge is 2.06. The van der Waals surface area contributed by atoms with Crippen molar-refractivity contribution in [2.24, 2.45) is 0 Å². The number of rotatable bonds is 3. The molecule has 0 amide bonds. The predicted octanol–water partition coefficient (Wildman–Crippen LogP) is 1.33. The molecule has 1 aromatic heterocycles. The van der Waals surface area contributed by atoms with Gasteiger partial charge in [-0.3, -0.25) is 0 Å². The number of fused-ring (bicyclic) bond motifs is 1. The molecule has 1 atom stereocenters. The number of hydrogen-bond donors (Lipinski definition) is 1. The van der Waals surface area contributed by atoms with E-state index in [2.05, 4.69) is 10.3 Å². The average Bonchev–Trinajstić information content (AvgIpc) is 2.60. The van der Waals surface area contributed by atoms with Crippen molar-refractivity contribution >= 4 is 19.8 Å². The van der Waals surface area contributed by atoms with Gasteiger partial charge in [0.15, 0.2) is 5.52 Å². The normalized spacial score (nSPS) is 11.8. The fourth-order valence-corrected chi connectivity index (χ4v) is 1.70. The Morgan fingerprint density at radius 1 is 1.57 bits per heavy atom. The summed E-state index contributed by atoms with van der Waals surface area (Å²) in [4.78, 5) is 0. The standard InChI is InChI=1S/C8H10N3O2P/c1-13-14-5-11-6-3-2-4-7(12)8(6)9-10-11/h2-4,12,14H,5H2,1H3. The zero-order valence-electron chi connectivity index (χ0n) is 7.64. The molecule has 5 nitrogen and oxygen atoms in total. The third kappa shape index (κ3) is 1.56. The summed E-state index contributed by atoms with van der Waals surface area (Å²) in [7, 11) is 2.00. The number of phenolic OH excluding ortho intramolecular Hbond substituents is 1.